The number of benzene rings is 1. The fourth-order valence-corrected chi connectivity index (χ4v) is 9.28. The quantitative estimate of drug-likeness (QED) is 0.368. The first-order valence-electron chi connectivity index (χ1n) is 15.8. The van der Waals surface area contributed by atoms with Crippen LogP contribution in [0.25, 0.3) is 0 Å². The molecule has 4 fully saturated rings. The van der Waals surface area contributed by atoms with Gasteiger partial charge in [-0.05, 0) is 61.8 Å². The molecule has 5 nitrogen and oxygen atoms in total. The van der Waals surface area contributed by atoms with Gasteiger partial charge in [0, 0.05) is 24.4 Å². The normalized spacial score (nSPS) is 29.9. The Morgan fingerprint density at radius 1 is 0.895 bits per heavy atom. The minimum Gasteiger partial charge on any atom is -0.484 e. The molecule has 2 heterocycles. The molecule has 2 saturated heterocycles. The van der Waals surface area contributed by atoms with Crippen molar-refractivity contribution in [1.82, 2.24) is 15.8 Å². The van der Waals surface area contributed by atoms with Gasteiger partial charge in [-0.3, -0.25) is 15.6 Å². The number of hydrogen-bond acceptors (Lipinski definition) is 5. The smallest absolute Gasteiger partial charge is 0.260 e. The number of aryl methyl sites for hydroxylation is 1. The molecule has 1 aromatic rings. The average molecular weight is 542 g/mol. The molecule has 0 aromatic heterocycles. The summed E-state index contributed by atoms with van der Waals surface area (Å²) in [7, 11) is 0. The minimum atomic E-state index is 0.127. The lowest BCUT2D eigenvalue weighted by Crippen LogP contribution is -2.54. The Morgan fingerprint density at radius 3 is 2.21 bits per heavy atom. The van der Waals surface area contributed by atoms with Gasteiger partial charge in [0.2, 0.25) is 0 Å². The number of hydrazine groups is 1. The Labute approximate surface area is 235 Å². The van der Waals surface area contributed by atoms with Crippen molar-refractivity contribution in [3.05, 3.63) is 29.8 Å². The maximum Gasteiger partial charge on any atom is 0.260 e. The van der Waals surface area contributed by atoms with Gasteiger partial charge in [0.25, 0.3) is 5.91 Å². The van der Waals surface area contributed by atoms with E-state index in [0.29, 0.717) is 17.2 Å². The van der Waals surface area contributed by atoms with Gasteiger partial charge in [-0.1, -0.05) is 88.3 Å². The third kappa shape index (κ3) is 7.48. The van der Waals surface area contributed by atoms with Crippen molar-refractivity contribution in [1.29, 1.82) is 0 Å². The second-order valence-electron chi connectivity index (χ2n) is 12.5. The summed E-state index contributed by atoms with van der Waals surface area (Å²) in [5.41, 5.74) is 8.35. The van der Waals surface area contributed by atoms with Crippen molar-refractivity contribution in [3.8, 4) is 5.75 Å². The van der Waals surface area contributed by atoms with Crippen molar-refractivity contribution in [3.63, 3.8) is 0 Å². The van der Waals surface area contributed by atoms with Crippen LogP contribution in [-0.2, 0) is 4.79 Å². The summed E-state index contributed by atoms with van der Waals surface area (Å²) in [4.78, 5) is 16.2. The number of carbonyl (C=O) groups is 1. The fourth-order valence-electron chi connectivity index (χ4n) is 7.70. The van der Waals surface area contributed by atoms with Gasteiger partial charge in [0.05, 0.1) is 6.04 Å². The molecule has 4 atom stereocenters. The van der Waals surface area contributed by atoms with E-state index < -0.39 is 0 Å². The van der Waals surface area contributed by atoms with E-state index in [1.54, 1.807) is 0 Å². The fraction of sp³-hybridized carbons (Fsp3) is 0.781. The van der Waals surface area contributed by atoms with Crippen molar-refractivity contribution in [2.45, 2.75) is 114 Å². The Balaban J connectivity index is 1.31. The van der Waals surface area contributed by atoms with Crippen LogP contribution in [0.3, 0.4) is 0 Å². The topological polar surface area (TPSA) is 53.6 Å². The summed E-state index contributed by atoms with van der Waals surface area (Å²) < 4.78 is 6.07. The molecule has 4 aliphatic rings. The molecular formula is C32H51N3O2S. The van der Waals surface area contributed by atoms with Crippen LogP contribution in [0.4, 0.5) is 0 Å². The number of amides is 1. The van der Waals surface area contributed by atoms with Crippen LogP contribution in [0.5, 0.6) is 5.75 Å². The molecule has 2 aliphatic carbocycles. The molecule has 0 bridgehead atoms. The van der Waals surface area contributed by atoms with Gasteiger partial charge in [-0.25, -0.2) is 0 Å². The molecule has 1 amide bonds. The Bertz CT molecular complexity index is 849. The Hall–Kier alpha value is -1.24. The molecule has 6 heteroatoms. The predicted molar refractivity (Wildman–Crippen MR) is 158 cm³/mol. The molecule has 0 spiro atoms. The van der Waals surface area contributed by atoms with E-state index in [1.165, 1.54) is 101 Å². The number of rotatable bonds is 8. The highest BCUT2D eigenvalue weighted by Gasteiger charge is 2.42. The van der Waals surface area contributed by atoms with Gasteiger partial charge < -0.3 is 9.64 Å². The standard InChI is InChI=1S/C32H51N3O2S/c1-24-15-17-27(18-16-24)37-23-31(36)35(22-30-28(19-20-38-30)25-11-7-5-6-8-12-25)29-21-33-34-32(29)26-13-9-3-2-4-10-14-26/h15-18,25-26,28-30,32-34H,2-14,19-23H2,1H3. The third-order valence-corrected chi connectivity index (χ3v) is 11.3. The lowest BCUT2D eigenvalue weighted by atomic mass is 9.81. The molecule has 5 rings (SSSR count). The van der Waals surface area contributed by atoms with Crippen LogP contribution in [0.1, 0.15) is 95.5 Å². The van der Waals surface area contributed by atoms with E-state index in [2.05, 4.69) is 46.6 Å². The summed E-state index contributed by atoms with van der Waals surface area (Å²) in [5, 5.41) is 0.556. The number of carbonyl (C=O) groups excluding carboxylic acids is 1. The first-order valence-corrected chi connectivity index (χ1v) is 16.8. The van der Waals surface area contributed by atoms with Crippen molar-refractivity contribution >= 4 is 17.7 Å². The molecular weight excluding hydrogens is 490 g/mol. The zero-order chi connectivity index (χ0) is 26.2. The van der Waals surface area contributed by atoms with Crippen LogP contribution in [0.15, 0.2) is 24.3 Å². The second kappa shape index (κ2) is 14.4. The monoisotopic (exact) mass is 541 g/mol. The number of ether oxygens (including phenoxy) is 1. The minimum absolute atomic E-state index is 0.127. The highest BCUT2D eigenvalue weighted by atomic mass is 32.2. The van der Waals surface area contributed by atoms with Crippen molar-refractivity contribution in [2.24, 2.45) is 17.8 Å². The van der Waals surface area contributed by atoms with E-state index in [-0.39, 0.29) is 18.6 Å². The number of nitrogens with zero attached hydrogens (tertiary/aromatic N) is 1. The summed E-state index contributed by atoms with van der Waals surface area (Å²) >= 11 is 2.14. The lowest BCUT2D eigenvalue weighted by Gasteiger charge is -2.39. The maximum atomic E-state index is 14.0. The van der Waals surface area contributed by atoms with Crippen LogP contribution >= 0.6 is 11.8 Å². The van der Waals surface area contributed by atoms with Gasteiger partial charge in [-0.15, -0.1) is 0 Å². The zero-order valence-electron chi connectivity index (χ0n) is 23.7. The van der Waals surface area contributed by atoms with E-state index in [4.69, 9.17) is 4.74 Å². The zero-order valence-corrected chi connectivity index (χ0v) is 24.5. The van der Waals surface area contributed by atoms with Crippen LogP contribution in [0.2, 0.25) is 0 Å². The van der Waals surface area contributed by atoms with Gasteiger partial charge >= 0.3 is 0 Å². The Morgan fingerprint density at radius 2 is 1.53 bits per heavy atom. The van der Waals surface area contributed by atoms with Gasteiger partial charge in [0.1, 0.15) is 5.75 Å². The molecule has 2 aliphatic heterocycles. The first kappa shape index (κ1) is 28.3. The van der Waals surface area contributed by atoms with Crippen LogP contribution < -0.4 is 15.6 Å². The highest BCUT2D eigenvalue weighted by Crippen LogP contribution is 2.43. The SMILES string of the molecule is Cc1ccc(OCC(=O)N(CC2SCCC2C2CCCCCC2)C2CNNC2C2CCCCCCC2)cc1. The molecule has 0 radical (unpaired) electrons. The molecule has 1 aromatic carbocycles. The lowest BCUT2D eigenvalue weighted by molar-refractivity contribution is -0.136. The molecule has 38 heavy (non-hydrogen) atoms. The largest absolute Gasteiger partial charge is 0.484 e. The molecule has 2 N–H and O–H groups in total. The first-order chi connectivity index (χ1) is 18.7. The van der Waals surface area contributed by atoms with Crippen LogP contribution in [0, 0.1) is 24.7 Å². The van der Waals surface area contributed by atoms with E-state index >= 15 is 0 Å². The van der Waals surface area contributed by atoms with Gasteiger partial charge in [-0.2, -0.15) is 11.8 Å². The Kier molecular flexibility index (Phi) is 10.7. The van der Waals surface area contributed by atoms with Crippen LogP contribution in [-0.4, -0.2) is 53.6 Å². The molecule has 4 unspecified atom stereocenters. The summed E-state index contributed by atoms with van der Waals surface area (Å²) in [6.07, 6.45) is 19.0. The summed E-state index contributed by atoms with van der Waals surface area (Å²) in [5.74, 6) is 4.44. The molecule has 212 valence electrons. The second-order valence-corrected chi connectivity index (χ2v) is 13.8. The van der Waals surface area contributed by atoms with E-state index in [1.807, 2.05) is 12.1 Å². The third-order valence-electron chi connectivity index (χ3n) is 9.90. The van der Waals surface area contributed by atoms with Gasteiger partial charge in [0.15, 0.2) is 6.61 Å². The van der Waals surface area contributed by atoms with Crippen molar-refractivity contribution in [2.75, 3.05) is 25.4 Å². The highest BCUT2D eigenvalue weighted by molar-refractivity contribution is 8.00. The van der Waals surface area contributed by atoms with Crippen molar-refractivity contribution < 1.29 is 9.53 Å². The predicted octanol–water partition coefficient (Wildman–Crippen LogP) is 6.50. The number of thioether (sulfide) groups is 1. The summed E-state index contributed by atoms with van der Waals surface area (Å²) in [6.45, 7) is 3.92. The van der Waals surface area contributed by atoms with E-state index in [0.717, 1.165) is 30.7 Å². The average Bonchev–Trinajstić information content (AvgIpc) is 3.49. The maximum absolute atomic E-state index is 14.0. The number of nitrogens with one attached hydrogen (secondary N) is 2. The van der Waals surface area contributed by atoms with E-state index in [9.17, 15) is 4.79 Å². The molecule has 2 saturated carbocycles. The number of hydrogen-bond donors (Lipinski definition) is 2. The summed E-state index contributed by atoms with van der Waals surface area (Å²) in [6, 6.07) is 8.61.